The van der Waals surface area contributed by atoms with E-state index in [9.17, 15) is 4.79 Å². The van der Waals surface area contributed by atoms with E-state index in [1.807, 2.05) is 36.4 Å². The van der Waals surface area contributed by atoms with Gasteiger partial charge in [-0.3, -0.25) is 14.9 Å². The monoisotopic (exact) mass is 451 g/mol. The molecule has 33 heavy (non-hydrogen) atoms. The Morgan fingerprint density at radius 1 is 1.21 bits per heavy atom. The SMILES string of the molecule is CCOC(=O)N1CC2(CC[C@@H](N3CCN(c4cccnc4-c4cncc(OC)c4)CC3)C2)C1. The van der Waals surface area contributed by atoms with Gasteiger partial charge >= 0.3 is 6.09 Å². The molecule has 176 valence electrons. The predicted octanol–water partition coefficient (Wildman–Crippen LogP) is 3.29. The Morgan fingerprint density at radius 2 is 2.03 bits per heavy atom. The van der Waals surface area contributed by atoms with Gasteiger partial charge in [-0.2, -0.15) is 0 Å². The molecule has 0 N–H and O–H groups in total. The molecular formula is C25H33N5O3. The molecule has 0 bridgehead atoms. The van der Waals surface area contributed by atoms with Gasteiger partial charge in [0, 0.05) is 68.7 Å². The van der Waals surface area contributed by atoms with Gasteiger partial charge in [-0.25, -0.2) is 4.79 Å². The highest BCUT2D eigenvalue weighted by Gasteiger charge is 2.51. The Labute approximate surface area is 195 Å². The van der Waals surface area contributed by atoms with Gasteiger partial charge in [-0.1, -0.05) is 0 Å². The molecule has 8 heteroatoms. The Kier molecular flexibility index (Phi) is 6.10. The second-order valence-electron chi connectivity index (χ2n) is 9.46. The average Bonchev–Trinajstić information content (AvgIpc) is 3.29. The van der Waals surface area contributed by atoms with Crippen LogP contribution in [-0.2, 0) is 4.74 Å². The van der Waals surface area contributed by atoms with Crippen LogP contribution in [0.25, 0.3) is 11.3 Å². The number of carbonyl (C=O) groups is 1. The number of rotatable bonds is 5. The summed E-state index contributed by atoms with van der Waals surface area (Å²) in [5, 5.41) is 0. The van der Waals surface area contributed by atoms with Crippen molar-refractivity contribution in [3.05, 3.63) is 36.8 Å². The Balaban J connectivity index is 1.19. The van der Waals surface area contributed by atoms with Gasteiger partial charge in [0.2, 0.25) is 0 Å². The molecule has 1 atom stereocenters. The minimum Gasteiger partial charge on any atom is -0.495 e. The molecule has 2 aliphatic heterocycles. The number of carbonyl (C=O) groups excluding carboxylic acids is 1. The van der Waals surface area contributed by atoms with Crippen LogP contribution in [-0.4, -0.2) is 84.9 Å². The van der Waals surface area contributed by atoms with E-state index in [1.165, 1.54) is 19.3 Å². The molecule has 3 fully saturated rings. The highest BCUT2D eigenvalue weighted by Crippen LogP contribution is 2.47. The minimum atomic E-state index is -0.154. The summed E-state index contributed by atoms with van der Waals surface area (Å²) in [6, 6.07) is 6.77. The van der Waals surface area contributed by atoms with Crippen LogP contribution in [0.3, 0.4) is 0 Å². The zero-order chi connectivity index (χ0) is 22.8. The molecule has 1 saturated carbocycles. The lowest BCUT2D eigenvalue weighted by molar-refractivity contribution is -0.00294. The van der Waals surface area contributed by atoms with Gasteiger partial charge in [0.05, 0.1) is 31.3 Å². The highest BCUT2D eigenvalue weighted by atomic mass is 16.6. The molecule has 0 unspecified atom stereocenters. The molecule has 1 amide bonds. The molecule has 0 aromatic carbocycles. The zero-order valence-electron chi connectivity index (χ0n) is 19.6. The normalized spacial score (nSPS) is 22.3. The molecule has 8 nitrogen and oxygen atoms in total. The third-order valence-electron chi connectivity index (χ3n) is 7.44. The third-order valence-corrected chi connectivity index (χ3v) is 7.44. The van der Waals surface area contributed by atoms with E-state index in [1.54, 1.807) is 13.3 Å². The molecule has 2 saturated heterocycles. The van der Waals surface area contributed by atoms with Crippen molar-refractivity contribution in [2.45, 2.75) is 32.2 Å². The van der Waals surface area contributed by atoms with E-state index in [2.05, 4.69) is 25.8 Å². The van der Waals surface area contributed by atoms with Crippen molar-refractivity contribution >= 4 is 11.8 Å². The summed E-state index contributed by atoms with van der Waals surface area (Å²) in [4.78, 5) is 27.9. The Hall–Kier alpha value is -2.87. The molecule has 2 aromatic rings. The second-order valence-corrected chi connectivity index (χ2v) is 9.46. The van der Waals surface area contributed by atoms with Gasteiger partial charge in [-0.05, 0) is 44.4 Å². The average molecular weight is 452 g/mol. The number of hydrogen-bond acceptors (Lipinski definition) is 7. The summed E-state index contributed by atoms with van der Waals surface area (Å²) in [6.45, 7) is 8.08. The first kappa shape index (κ1) is 21.9. The largest absolute Gasteiger partial charge is 0.495 e. The maximum absolute atomic E-state index is 12.0. The summed E-state index contributed by atoms with van der Waals surface area (Å²) in [5.74, 6) is 0.738. The number of nitrogens with zero attached hydrogens (tertiary/aromatic N) is 5. The molecule has 1 spiro atoms. The molecule has 2 aromatic heterocycles. The number of amides is 1. The predicted molar refractivity (Wildman–Crippen MR) is 126 cm³/mol. The second kappa shape index (κ2) is 9.17. The van der Waals surface area contributed by atoms with Crippen molar-refractivity contribution in [3.63, 3.8) is 0 Å². The number of likely N-dealkylation sites (tertiary alicyclic amines) is 1. The molecule has 4 heterocycles. The number of aromatic nitrogens is 2. The maximum Gasteiger partial charge on any atom is 0.409 e. The number of piperazine rings is 1. The maximum atomic E-state index is 12.0. The molecule has 3 aliphatic rings. The van der Waals surface area contributed by atoms with Crippen LogP contribution >= 0.6 is 0 Å². The smallest absolute Gasteiger partial charge is 0.409 e. The van der Waals surface area contributed by atoms with Crippen molar-refractivity contribution in [1.29, 1.82) is 0 Å². The van der Waals surface area contributed by atoms with E-state index in [-0.39, 0.29) is 6.09 Å². The quantitative estimate of drug-likeness (QED) is 0.691. The first-order valence-electron chi connectivity index (χ1n) is 12.0. The van der Waals surface area contributed by atoms with Gasteiger partial charge in [0.25, 0.3) is 0 Å². The van der Waals surface area contributed by atoms with E-state index in [0.717, 1.165) is 62.0 Å². The topological polar surface area (TPSA) is 71.0 Å². The van der Waals surface area contributed by atoms with Crippen molar-refractivity contribution in [2.75, 3.05) is 57.9 Å². The van der Waals surface area contributed by atoms with Crippen molar-refractivity contribution < 1.29 is 14.3 Å². The number of ether oxygens (including phenoxy) is 2. The summed E-state index contributed by atoms with van der Waals surface area (Å²) in [5.41, 5.74) is 3.39. The summed E-state index contributed by atoms with van der Waals surface area (Å²) in [6.07, 6.45) is 8.88. The fourth-order valence-electron chi connectivity index (χ4n) is 5.75. The van der Waals surface area contributed by atoms with Crippen molar-refractivity contribution in [3.8, 4) is 17.0 Å². The van der Waals surface area contributed by atoms with Crippen LogP contribution < -0.4 is 9.64 Å². The van der Waals surface area contributed by atoms with Crippen LogP contribution in [0.15, 0.2) is 36.8 Å². The fourth-order valence-corrected chi connectivity index (χ4v) is 5.75. The number of methoxy groups -OCH3 is 1. The Morgan fingerprint density at radius 3 is 2.79 bits per heavy atom. The van der Waals surface area contributed by atoms with Crippen LogP contribution in [0.4, 0.5) is 10.5 Å². The molecule has 5 rings (SSSR count). The van der Waals surface area contributed by atoms with Gasteiger partial charge in [0.15, 0.2) is 0 Å². The van der Waals surface area contributed by atoms with Crippen LogP contribution in [0.5, 0.6) is 5.75 Å². The van der Waals surface area contributed by atoms with Gasteiger partial charge in [-0.15, -0.1) is 0 Å². The van der Waals surface area contributed by atoms with E-state index in [4.69, 9.17) is 9.47 Å². The summed E-state index contributed by atoms with van der Waals surface area (Å²) < 4.78 is 10.5. The lowest BCUT2D eigenvalue weighted by Crippen LogP contribution is -2.58. The van der Waals surface area contributed by atoms with E-state index < -0.39 is 0 Å². The van der Waals surface area contributed by atoms with Gasteiger partial charge in [0.1, 0.15) is 5.75 Å². The highest BCUT2D eigenvalue weighted by molar-refractivity contribution is 5.75. The van der Waals surface area contributed by atoms with Gasteiger partial charge < -0.3 is 19.3 Å². The lowest BCUT2D eigenvalue weighted by atomic mass is 9.78. The number of hydrogen-bond donors (Lipinski definition) is 0. The Bertz CT molecular complexity index is 986. The van der Waals surface area contributed by atoms with E-state index >= 15 is 0 Å². The molecule has 1 aliphatic carbocycles. The number of anilines is 1. The number of pyridine rings is 2. The fraction of sp³-hybridized carbons (Fsp3) is 0.560. The standard InChI is InChI=1S/C25H33N5O3/c1-3-33-24(31)30-17-25(18-30)7-6-20(14-25)28-9-11-29(12-10-28)22-5-4-8-27-23(22)19-13-21(32-2)16-26-15-19/h4-5,8,13,15-16,20H,3,6-7,9-12,14,17-18H2,1-2H3/t20-/m1/s1. The van der Waals surface area contributed by atoms with Crippen LogP contribution in [0.1, 0.15) is 26.2 Å². The summed E-state index contributed by atoms with van der Waals surface area (Å²) >= 11 is 0. The van der Waals surface area contributed by atoms with E-state index in [0.29, 0.717) is 18.1 Å². The zero-order valence-corrected chi connectivity index (χ0v) is 19.6. The van der Waals surface area contributed by atoms with Crippen LogP contribution in [0.2, 0.25) is 0 Å². The lowest BCUT2D eigenvalue weighted by Gasteiger charge is -2.48. The third kappa shape index (κ3) is 4.36. The van der Waals surface area contributed by atoms with Crippen molar-refractivity contribution in [2.24, 2.45) is 5.41 Å². The van der Waals surface area contributed by atoms with Crippen molar-refractivity contribution in [1.82, 2.24) is 19.8 Å². The minimum absolute atomic E-state index is 0.154. The first-order valence-corrected chi connectivity index (χ1v) is 12.0. The molecule has 0 radical (unpaired) electrons. The first-order chi connectivity index (χ1) is 16.1. The van der Waals surface area contributed by atoms with Crippen LogP contribution in [0, 0.1) is 5.41 Å². The summed E-state index contributed by atoms with van der Waals surface area (Å²) in [7, 11) is 1.66. The molecular weight excluding hydrogens is 418 g/mol.